The summed E-state index contributed by atoms with van der Waals surface area (Å²) in [5.74, 6) is -0.0640. The van der Waals surface area contributed by atoms with Crippen LogP contribution in [0.5, 0.6) is 0 Å². The lowest BCUT2D eigenvalue weighted by Crippen LogP contribution is -2.64. The minimum Gasteiger partial charge on any atom is -0.477 e. The molecule has 1 amide bonds. The van der Waals surface area contributed by atoms with Gasteiger partial charge in [-0.05, 0) is 24.0 Å². The van der Waals surface area contributed by atoms with Crippen molar-refractivity contribution in [3.63, 3.8) is 0 Å². The number of rotatable bonds is 4. The van der Waals surface area contributed by atoms with Gasteiger partial charge in [-0.2, -0.15) is 4.37 Å². The number of aliphatic hydroxyl groups excluding tert-OH is 1. The van der Waals surface area contributed by atoms with Crippen molar-refractivity contribution in [1.29, 1.82) is 0 Å². The van der Waals surface area contributed by atoms with Crippen LogP contribution in [0.1, 0.15) is 5.82 Å². The SMILES string of the molecule is Cc1nsc(SCC2=C(C(=O)O)N3C(=O)[C@@H](O)[C@@H]3SC2)n1. The van der Waals surface area contributed by atoms with Gasteiger partial charge in [-0.15, -0.1) is 11.8 Å². The largest absolute Gasteiger partial charge is 0.477 e. The molecule has 0 spiro atoms. The molecule has 0 bridgehead atoms. The summed E-state index contributed by atoms with van der Waals surface area (Å²) in [6.07, 6.45) is -1.09. The van der Waals surface area contributed by atoms with E-state index in [2.05, 4.69) is 9.36 Å². The second-order valence-electron chi connectivity index (χ2n) is 4.51. The second-order valence-corrected chi connectivity index (χ2v) is 7.59. The molecule has 1 aromatic rings. The Kier molecular flexibility index (Phi) is 3.95. The summed E-state index contributed by atoms with van der Waals surface area (Å²) < 4.78 is 4.84. The molecule has 10 heteroatoms. The zero-order valence-electron chi connectivity index (χ0n) is 10.8. The van der Waals surface area contributed by atoms with Crippen LogP contribution >= 0.6 is 35.1 Å². The normalized spacial score (nSPS) is 24.9. The Morgan fingerprint density at radius 2 is 2.33 bits per heavy atom. The van der Waals surface area contributed by atoms with Crippen molar-refractivity contribution in [1.82, 2.24) is 14.3 Å². The predicted molar refractivity (Wildman–Crippen MR) is 79.1 cm³/mol. The number of hydrogen-bond acceptors (Lipinski definition) is 8. The molecule has 0 saturated carbocycles. The molecule has 3 heterocycles. The third-order valence-electron chi connectivity index (χ3n) is 3.10. The van der Waals surface area contributed by atoms with E-state index in [1.807, 2.05) is 0 Å². The molecule has 0 unspecified atom stereocenters. The fourth-order valence-corrected chi connectivity index (χ4v) is 5.18. The highest BCUT2D eigenvalue weighted by Gasteiger charge is 2.52. The lowest BCUT2D eigenvalue weighted by Gasteiger charge is -2.47. The number of carboxylic acid groups (broad SMARTS) is 1. The van der Waals surface area contributed by atoms with Gasteiger partial charge in [0.2, 0.25) is 0 Å². The van der Waals surface area contributed by atoms with Crippen molar-refractivity contribution in [3.8, 4) is 0 Å². The first kappa shape index (κ1) is 14.8. The van der Waals surface area contributed by atoms with Crippen molar-refractivity contribution in [2.45, 2.75) is 22.7 Å². The number of carbonyl (C=O) groups excluding carboxylic acids is 1. The van der Waals surface area contributed by atoms with Gasteiger partial charge in [-0.3, -0.25) is 9.69 Å². The van der Waals surface area contributed by atoms with Crippen LogP contribution < -0.4 is 0 Å². The van der Waals surface area contributed by atoms with E-state index in [4.69, 9.17) is 0 Å². The number of carboxylic acids is 1. The first-order valence-electron chi connectivity index (χ1n) is 6.00. The molecular weight excluding hydrogens is 334 g/mol. The third kappa shape index (κ3) is 2.56. The molecule has 0 aromatic carbocycles. The summed E-state index contributed by atoms with van der Waals surface area (Å²) in [6, 6.07) is 0. The summed E-state index contributed by atoms with van der Waals surface area (Å²) in [5, 5.41) is 18.4. The van der Waals surface area contributed by atoms with Crippen molar-refractivity contribution in [3.05, 3.63) is 17.1 Å². The molecule has 0 aliphatic carbocycles. The summed E-state index contributed by atoms with van der Waals surface area (Å²) in [6.45, 7) is 1.80. The number of aromatic nitrogens is 2. The second kappa shape index (κ2) is 5.59. The van der Waals surface area contributed by atoms with Crippen molar-refractivity contribution < 1.29 is 19.8 Å². The Bertz CT molecular complexity index is 644. The summed E-state index contributed by atoms with van der Waals surface area (Å²) in [4.78, 5) is 28.5. The highest BCUT2D eigenvalue weighted by atomic mass is 32.2. The maximum Gasteiger partial charge on any atom is 0.352 e. The average molecular weight is 345 g/mol. The number of thioether (sulfide) groups is 2. The Labute approximate surface area is 132 Å². The standard InChI is InChI=1S/C11H11N3O4S3/c1-4-12-11(21-13-4)20-3-5-2-19-9-7(15)8(16)14(9)6(5)10(17)18/h7,9,15H,2-3H2,1H3,(H,17,18)/t7-,9+/m1/s1. The first-order valence-corrected chi connectivity index (χ1v) is 8.81. The molecule has 112 valence electrons. The van der Waals surface area contributed by atoms with Crippen molar-refractivity contribution in [2.24, 2.45) is 0 Å². The number of aliphatic carboxylic acids is 1. The van der Waals surface area contributed by atoms with Gasteiger partial charge < -0.3 is 10.2 Å². The van der Waals surface area contributed by atoms with E-state index in [1.165, 1.54) is 40.0 Å². The minimum atomic E-state index is -1.13. The minimum absolute atomic E-state index is 0.00258. The van der Waals surface area contributed by atoms with Crippen molar-refractivity contribution in [2.75, 3.05) is 11.5 Å². The Hall–Kier alpha value is -1.10. The summed E-state index contributed by atoms with van der Waals surface area (Å²) >= 11 is 4.06. The van der Waals surface area contributed by atoms with E-state index >= 15 is 0 Å². The fraction of sp³-hybridized carbons (Fsp3) is 0.455. The maximum atomic E-state index is 11.7. The Morgan fingerprint density at radius 3 is 2.95 bits per heavy atom. The van der Waals surface area contributed by atoms with Gasteiger partial charge in [0.05, 0.1) is 0 Å². The number of hydrogen-bond donors (Lipinski definition) is 2. The Morgan fingerprint density at radius 1 is 1.57 bits per heavy atom. The molecule has 2 N–H and O–H groups in total. The zero-order chi connectivity index (χ0) is 15.1. The van der Waals surface area contributed by atoms with Gasteiger partial charge >= 0.3 is 5.97 Å². The molecule has 2 aliphatic heterocycles. The van der Waals surface area contributed by atoms with E-state index in [1.54, 1.807) is 6.92 Å². The number of aryl methyl sites for hydroxylation is 1. The van der Waals surface area contributed by atoms with Gasteiger partial charge in [0.15, 0.2) is 10.4 Å². The van der Waals surface area contributed by atoms with Crippen LogP contribution in [0.15, 0.2) is 15.6 Å². The van der Waals surface area contributed by atoms with Crippen LogP contribution in [0.2, 0.25) is 0 Å². The van der Waals surface area contributed by atoms with E-state index in [-0.39, 0.29) is 5.70 Å². The van der Waals surface area contributed by atoms with Crippen LogP contribution in [-0.4, -0.2) is 59.3 Å². The van der Waals surface area contributed by atoms with E-state index in [9.17, 15) is 19.8 Å². The van der Waals surface area contributed by atoms with Gasteiger partial charge in [-0.25, -0.2) is 9.78 Å². The Balaban J connectivity index is 1.81. The van der Waals surface area contributed by atoms with E-state index in [0.29, 0.717) is 22.9 Å². The molecule has 1 fully saturated rings. The molecule has 0 radical (unpaired) electrons. The molecule has 2 atom stereocenters. The molecule has 7 nitrogen and oxygen atoms in total. The third-order valence-corrected chi connectivity index (χ3v) is 6.44. The molecule has 1 aromatic heterocycles. The number of amides is 1. The quantitative estimate of drug-likeness (QED) is 0.602. The topological polar surface area (TPSA) is 104 Å². The van der Waals surface area contributed by atoms with Crippen LogP contribution in [0.25, 0.3) is 0 Å². The number of carbonyl (C=O) groups is 2. The molecule has 21 heavy (non-hydrogen) atoms. The van der Waals surface area contributed by atoms with Gasteiger partial charge in [0, 0.05) is 11.5 Å². The summed E-state index contributed by atoms with van der Waals surface area (Å²) in [5.41, 5.74) is 0.671. The van der Waals surface area contributed by atoms with Crippen molar-refractivity contribution >= 4 is 46.9 Å². The first-order chi connectivity index (χ1) is 9.99. The number of β-lactam (4-membered cyclic amide) rings is 1. The van der Waals surface area contributed by atoms with Crippen LogP contribution in [0.3, 0.4) is 0 Å². The van der Waals surface area contributed by atoms with Gasteiger partial charge in [-0.1, -0.05) is 11.8 Å². The van der Waals surface area contributed by atoms with Gasteiger partial charge in [0.25, 0.3) is 5.91 Å². The molecule has 1 saturated heterocycles. The average Bonchev–Trinajstić information content (AvgIpc) is 2.88. The van der Waals surface area contributed by atoms with E-state index < -0.39 is 23.4 Å². The van der Waals surface area contributed by atoms with Crippen LogP contribution in [-0.2, 0) is 9.59 Å². The fourth-order valence-electron chi connectivity index (χ4n) is 2.13. The summed E-state index contributed by atoms with van der Waals surface area (Å²) in [7, 11) is 0. The molecule has 3 rings (SSSR count). The molecular formula is C11H11N3O4S3. The molecule has 2 aliphatic rings. The highest BCUT2D eigenvalue weighted by molar-refractivity contribution is 8.01. The number of nitrogens with zero attached hydrogens (tertiary/aromatic N) is 3. The number of aliphatic hydroxyl groups is 1. The lowest BCUT2D eigenvalue weighted by atomic mass is 10.1. The van der Waals surface area contributed by atoms with Crippen LogP contribution in [0.4, 0.5) is 0 Å². The lowest BCUT2D eigenvalue weighted by molar-refractivity contribution is -0.159. The monoisotopic (exact) mass is 345 g/mol. The van der Waals surface area contributed by atoms with Gasteiger partial charge in [0.1, 0.15) is 16.9 Å². The number of fused-ring (bicyclic) bond motifs is 1. The maximum absolute atomic E-state index is 11.7. The zero-order valence-corrected chi connectivity index (χ0v) is 13.3. The van der Waals surface area contributed by atoms with Crippen LogP contribution in [0, 0.1) is 6.92 Å². The smallest absolute Gasteiger partial charge is 0.352 e. The van der Waals surface area contributed by atoms with E-state index in [0.717, 1.165) is 4.34 Å². The highest BCUT2D eigenvalue weighted by Crippen LogP contribution is 2.41. The predicted octanol–water partition coefficient (Wildman–Crippen LogP) is 0.553.